The Hall–Kier alpha value is -1.27. The van der Waals surface area contributed by atoms with Crippen molar-refractivity contribution >= 4 is 15.9 Å². The van der Waals surface area contributed by atoms with Gasteiger partial charge in [-0.15, -0.1) is 0 Å². The van der Waals surface area contributed by atoms with Crippen LogP contribution in [0.15, 0.2) is 27.3 Å². The number of halogens is 1. The van der Waals surface area contributed by atoms with Crippen LogP contribution in [0.1, 0.15) is 26.7 Å². The normalized spacial score (nSPS) is 13.5. The fraction of sp³-hybridized carbons (Fsp3) is 0.462. The SMILES string of the molecule is CC(C)(C)C(O)Cc1nc(-c2ccc(Br)cn2)no1. The van der Waals surface area contributed by atoms with Crippen molar-refractivity contribution in [2.75, 3.05) is 0 Å². The molecule has 19 heavy (non-hydrogen) atoms. The lowest BCUT2D eigenvalue weighted by molar-refractivity contribution is 0.0565. The molecule has 1 N–H and O–H groups in total. The van der Waals surface area contributed by atoms with Crippen molar-refractivity contribution in [2.45, 2.75) is 33.3 Å². The topological polar surface area (TPSA) is 72.0 Å². The van der Waals surface area contributed by atoms with Crippen molar-refractivity contribution in [1.82, 2.24) is 15.1 Å². The maximum atomic E-state index is 10.0. The summed E-state index contributed by atoms with van der Waals surface area (Å²) in [5.74, 6) is 0.853. The number of nitrogens with zero attached hydrogens (tertiary/aromatic N) is 3. The summed E-state index contributed by atoms with van der Waals surface area (Å²) in [6.45, 7) is 5.89. The number of hydrogen-bond acceptors (Lipinski definition) is 5. The van der Waals surface area contributed by atoms with Gasteiger partial charge in [-0.05, 0) is 33.5 Å². The van der Waals surface area contributed by atoms with Crippen LogP contribution < -0.4 is 0 Å². The standard InChI is InChI=1S/C13H16BrN3O2/c1-13(2,3)10(18)6-11-16-12(17-19-11)9-5-4-8(14)7-15-9/h4-5,7,10,18H,6H2,1-3H3. The zero-order chi connectivity index (χ0) is 14.0. The third kappa shape index (κ3) is 3.61. The summed E-state index contributed by atoms with van der Waals surface area (Å²) in [5, 5.41) is 13.9. The van der Waals surface area contributed by atoms with Gasteiger partial charge in [0.1, 0.15) is 5.69 Å². The lowest BCUT2D eigenvalue weighted by atomic mass is 9.87. The van der Waals surface area contributed by atoms with E-state index < -0.39 is 6.10 Å². The van der Waals surface area contributed by atoms with E-state index in [1.165, 1.54) is 0 Å². The van der Waals surface area contributed by atoms with Crippen molar-refractivity contribution in [3.63, 3.8) is 0 Å². The second kappa shape index (κ2) is 5.38. The summed E-state index contributed by atoms with van der Waals surface area (Å²) in [4.78, 5) is 8.44. The molecule has 2 aromatic heterocycles. The van der Waals surface area contributed by atoms with Gasteiger partial charge in [0.2, 0.25) is 11.7 Å². The van der Waals surface area contributed by atoms with Gasteiger partial charge in [0.25, 0.3) is 0 Å². The van der Waals surface area contributed by atoms with Crippen LogP contribution in [0.25, 0.3) is 11.5 Å². The van der Waals surface area contributed by atoms with E-state index in [2.05, 4.69) is 31.1 Å². The minimum absolute atomic E-state index is 0.218. The molecule has 0 aliphatic heterocycles. The van der Waals surface area contributed by atoms with Crippen LogP contribution in [0, 0.1) is 5.41 Å². The molecule has 0 bridgehead atoms. The first kappa shape index (κ1) is 14.1. The number of aliphatic hydroxyl groups is 1. The first-order chi connectivity index (χ1) is 8.86. The van der Waals surface area contributed by atoms with E-state index in [0.717, 1.165) is 4.47 Å². The molecular weight excluding hydrogens is 310 g/mol. The summed E-state index contributed by atoms with van der Waals surface area (Å²) in [7, 11) is 0. The smallest absolute Gasteiger partial charge is 0.229 e. The molecule has 1 unspecified atom stereocenters. The Bertz CT molecular complexity index is 546. The highest BCUT2D eigenvalue weighted by molar-refractivity contribution is 9.10. The molecule has 0 aromatic carbocycles. The van der Waals surface area contributed by atoms with Crippen LogP contribution >= 0.6 is 15.9 Å². The van der Waals surface area contributed by atoms with Crippen LogP contribution in [-0.2, 0) is 6.42 Å². The summed E-state index contributed by atoms with van der Waals surface area (Å²) in [5.41, 5.74) is 0.424. The van der Waals surface area contributed by atoms with Crippen LogP contribution in [0.4, 0.5) is 0 Å². The minimum atomic E-state index is -0.529. The highest BCUT2D eigenvalue weighted by atomic mass is 79.9. The van der Waals surface area contributed by atoms with E-state index in [1.807, 2.05) is 26.8 Å². The Labute approximate surface area is 120 Å². The van der Waals surface area contributed by atoms with Gasteiger partial charge in [-0.3, -0.25) is 4.98 Å². The van der Waals surface area contributed by atoms with Crippen LogP contribution in [0.5, 0.6) is 0 Å². The quantitative estimate of drug-likeness (QED) is 0.939. The molecule has 6 heteroatoms. The molecule has 0 amide bonds. The maximum Gasteiger partial charge on any atom is 0.229 e. The van der Waals surface area contributed by atoms with E-state index in [9.17, 15) is 5.11 Å². The van der Waals surface area contributed by atoms with E-state index >= 15 is 0 Å². The van der Waals surface area contributed by atoms with Crippen molar-refractivity contribution < 1.29 is 9.63 Å². The minimum Gasteiger partial charge on any atom is -0.392 e. The van der Waals surface area contributed by atoms with Gasteiger partial charge >= 0.3 is 0 Å². The van der Waals surface area contributed by atoms with E-state index in [4.69, 9.17) is 4.52 Å². The monoisotopic (exact) mass is 325 g/mol. The average molecular weight is 326 g/mol. The Morgan fingerprint density at radius 2 is 2.11 bits per heavy atom. The Morgan fingerprint density at radius 1 is 1.37 bits per heavy atom. The third-order valence-electron chi connectivity index (χ3n) is 2.79. The van der Waals surface area contributed by atoms with Crippen molar-refractivity contribution in [3.8, 4) is 11.5 Å². The molecule has 2 heterocycles. The molecule has 2 rings (SSSR count). The van der Waals surface area contributed by atoms with Gasteiger partial charge in [-0.1, -0.05) is 25.9 Å². The first-order valence-electron chi connectivity index (χ1n) is 5.99. The third-order valence-corrected chi connectivity index (χ3v) is 3.26. The molecule has 2 aromatic rings. The summed E-state index contributed by atoms with van der Waals surface area (Å²) >= 11 is 3.32. The highest BCUT2D eigenvalue weighted by Crippen LogP contribution is 2.23. The average Bonchev–Trinajstić information content (AvgIpc) is 2.77. The number of aliphatic hydroxyl groups excluding tert-OH is 1. The van der Waals surface area contributed by atoms with Gasteiger partial charge in [0.05, 0.1) is 12.5 Å². The zero-order valence-corrected chi connectivity index (χ0v) is 12.7. The van der Waals surface area contributed by atoms with E-state index in [-0.39, 0.29) is 5.41 Å². The maximum absolute atomic E-state index is 10.0. The number of pyridine rings is 1. The van der Waals surface area contributed by atoms with Crippen LogP contribution in [0.2, 0.25) is 0 Å². The fourth-order valence-electron chi connectivity index (χ4n) is 1.42. The van der Waals surface area contributed by atoms with Crippen LogP contribution in [0.3, 0.4) is 0 Å². The number of hydrogen-bond donors (Lipinski definition) is 1. The summed E-state index contributed by atoms with van der Waals surface area (Å²) < 4.78 is 6.03. The van der Waals surface area contributed by atoms with Crippen molar-refractivity contribution in [3.05, 3.63) is 28.7 Å². The van der Waals surface area contributed by atoms with Crippen LogP contribution in [-0.4, -0.2) is 26.3 Å². The molecule has 1 atom stereocenters. The predicted octanol–water partition coefficient (Wildman–Crippen LogP) is 2.84. The zero-order valence-electron chi connectivity index (χ0n) is 11.1. The Morgan fingerprint density at radius 3 is 2.68 bits per heavy atom. The van der Waals surface area contributed by atoms with Gasteiger partial charge < -0.3 is 9.63 Å². The number of aromatic nitrogens is 3. The van der Waals surface area contributed by atoms with Gasteiger partial charge in [0, 0.05) is 10.7 Å². The summed E-state index contributed by atoms with van der Waals surface area (Å²) in [6, 6.07) is 3.67. The Balaban J connectivity index is 2.13. The lowest BCUT2D eigenvalue weighted by Crippen LogP contribution is -2.28. The molecule has 102 valence electrons. The molecule has 0 saturated carbocycles. The van der Waals surface area contributed by atoms with Crippen molar-refractivity contribution in [1.29, 1.82) is 0 Å². The largest absolute Gasteiger partial charge is 0.392 e. The van der Waals surface area contributed by atoms with Gasteiger partial charge in [-0.25, -0.2) is 0 Å². The highest BCUT2D eigenvalue weighted by Gasteiger charge is 2.24. The van der Waals surface area contributed by atoms with Crippen molar-refractivity contribution in [2.24, 2.45) is 5.41 Å². The number of rotatable bonds is 3. The van der Waals surface area contributed by atoms with Gasteiger partial charge in [0.15, 0.2) is 0 Å². The predicted molar refractivity (Wildman–Crippen MR) is 74.4 cm³/mol. The first-order valence-corrected chi connectivity index (χ1v) is 6.78. The Kier molecular flexibility index (Phi) is 4.01. The summed E-state index contributed by atoms with van der Waals surface area (Å²) in [6.07, 6.45) is 1.49. The van der Waals surface area contributed by atoms with E-state index in [0.29, 0.717) is 23.8 Å². The van der Waals surface area contributed by atoms with Gasteiger partial charge in [-0.2, -0.15) is 4.98 Å². The molecular formula is C13H16BrN3O2. The molecule has 0 spiro atoms. The molecule has 0 fully saturated rings. The molecule has 5 nitrogen and oxygen atoms in total. The lowest BCUT2D eigenvalue weighted by Gasteiger charge is -2.24. The molecule has 0 aliphatic rings. The second-order valence-corrected chi connectivity index (χ2v) is 6.38. The molecule has 0 aliphatic carbocycles. The second-order valence-electron chi connectivity index (χ2n) is 5.46. The molecule has 0 saturated heterocycles. The molecule has 0 radical (unpaired) electrons. The fourth-order valence-corrected chi connectivity index (χ4v) is 1.66. The van der Waals surface area contributed by atoms with E-state index in [1.54, 1.807) is 12.3 Å².